The molecule has 1 aliphatic rings. The lowest BCUT2D eigenvalue weighted by molar-refractivity contribution is -0.317. The molecule has 0 aromatic carbocycles. The zero-order valence-corrected chi connectivity index (χ0v) is 12.3. The highest BCUT2D eigenvalue weighted by Crippen LogP contribution is 2.55. The topological polar surface area (TPSA) is 22.1 Å². The predicted molar refractivity (Wildman–Crippen MR) is 71.2 cm³/mol. The van der Waals surface area contributed by atoms with Crippen LogP contribution in [-0.4, -0.2) is 23.4 Å². The van der Waals surface area contributed by atoms with Gasteiger partial charge >= 0.3 is 11.8 Å². The van der Waals surface area contributed by atoms with Crippen LogP contribution < -0.4 is 4.74 Å². The highest BCUT2D eigenvalue weighted by atomic mass is 19.3. The molecular formula is C15H19F4NO. The molecular weight excluding hydrogens is 286 g/mol. The van der Waals surface area contributed by atoms with Crippen molar-refractivity contribution in [2.75, 3.05) is 6.61 Å². The number of hydrogen-bond acceptors (Lipinski definition) is 2. The number of aromatic nitrogens is 1. The summed E-state index contributed by atoms with van der Waals surface area (Å²) < 4.78 is 57.2. The minimum absolute atomic E-state index is 0.249. The summed E-state index contributed by atoms with van der Waals surface area (Å²) >= 11 is 0. The molecule has 1 aromatic heterocycles. The maximum absolute atomic E-state index is 13.2. The Balaban J connectivity index is 2.04. The van der Waals surface area contributed by atoms with Gasteiger partial charge in [0.15, 0.2) is 0 Å². The Morgan fingerprint density at radius 2 is 1.95 bits per heavy atom. The van der Waals surface area contributed by atoms with Crippen LogP contribution in [0.4, 0.5) is 17.6 Å². The second-order valence-electron chi connectivity index (χ2n) is 5.73. The first-order chi connectivity index (χ1) is 9.69. The van der Waals surface area contributed by atoms with E-state index in [1.807, 2.05) is 20.8 Å². The molecule has 1 unspecified atom stereocenters. The van der Waals surface area contributed by atoms with Gasteiger partial charge in [-0.1, -0.05) is 20.8 Å². The van der Waals surface area contributed by atoms with Gasteiger partial charge in [0.05, 0.1) is 18.2 Å². The first kappa shape index (κ1) is 16.0. The summed E-state index contributed by atoms with van der Waals surface area (Å²) in [5, 5.41) is 0. The summed E-state index contributed by atoms with van der Waals surface area (Å²) in [7, 11) is 0. The monoisotopic (exact) mass is 305 g/mol. The van der Waals surface area contributed by atoms with Gasteiger partial charge in [0, 0.05) is 12.1 Å². The minimum atomic E-state index is -3.98. The number of halogens is 4. The zero-order chi connectivity index (χ0) is 15.8. The van der Waals surface area contributed by atoms with E-state index in [4.69, 9.17) is 4.74 Å². The molecule has 1 heterocycles. The fourth-order valence-corrected chi connectivity index (χ4v) is 2.31. The summed E-state index contributed by atoms with van der Waals surface area (Å²) in [4.78, 5) is 4.42. The molecule has 1 aromatic rings. The van der Waals surface area contributed by atoms with E-state index in [1.165, 1.54) is 0 Å². The number of pyridine rings is 1. The maximum Gasteiger partial charge on any atom is 0.316 e. The molecule has 0 aliphatic heterocycles. The molecule has 1 fully saturated rings. The van der Waals surface area contributed by atoms with Crippen molar-refractivity contribution in [3.05, 3.63) is 23.5 Å². The molecule has 2 nitrogen and oxygen atoms in total. The van der Waals surface area contributed by atoms with Gasteiger partial charge in [0.2, 0.25) is 0 Å². The molecule has 0 N–H and O–H groups in total. The third kappa shape index (κ3) is 2.85. The van der Waals surface area contributed by atoms with E-state index in [1.54, 1.807) is 12.1 Å². The van der Waals surface area contributed by atoms with Gasteiger partial charge in [-0.15, -0.1) is 0 Å². The largest absolute Gasteiger partial charge is 0.491 e. The van der Waals surface area contributed by atoms with Crippen LogP contribution in [0.25, 0.3) is 0 Å². The molecule has 2 rings (SSSR count). The standard InChI is InChI=1S/C15H19F4NO/c1-4-11-13(6-5-12(20-11)9(2)3)21-8-10-7-14(16,17)15(10,18)19/h5-6,9-10H,4,7-8H2,1-3H3. The van der Waals surface area contributed by atoms with Crippen LogP contribution >= 0.6 is 0 Å². The van der Waals surface area contributed by atoms with Crippen molar-refractivity contribution in [3.63, 3.8) is 0 Å². The minimum Gasteiger partial charge on any atom is -0.491 e. The molecule has 1 atom stereocenters. The van der Waals surface area contributed by atoms with Gasteiger partial charge in [-0.25, -0.2) is 0 Å². The van der Waals surface area contributed by atoms with Gasteiger partial charge in [-0.2, -0.15) is 17.6 Å². The lowest BCUT2D eigenvalue weighted by Crippen LogP contribution is -2.60. The fourth-order valence-electron chi connectivity index (χ4n) is 2.31. The van der Waals surface area contributed by atoms with Crippen LogP contribution in [-0.2, 0) is 6.42 Å². The van der Waals surface area contributed by atoms with E-state index in [9.17, 15) is 17.6 Å². The van der Waals surface area contributed by atoms with Crippen molar-refractivity contribution in [1.82, 2.24) is 4.98 Å². The van der Waals surface area contributed by atoms with E-state index in [-0.39, 0.29) is 5.92 Å². The van der Waals surface area contributed by atoms with Crippen LogP contribution in [0.3, 0.4) is 0 Å². The average molecular weight is 305 g/mol. The first-order valence-corrected chi connectivity index (χ1v) is 7.07. The van der Waals surface area contributed by atoms with E-state index >= 15 is 0 Å². The Kier molecular flexibility index (Phi) is 4.17. The van der Waals surface area contributed by atoms with Gasteiger partial charge < -0.3 is 4.74 Å². The summed E-state index contributed by atoms with van der Waals surface area (Å²) in [5.41, 5.74) is 1.55. The number of nitrogens with zero attached hydrogens (tertiary/aromatic N) is 1. The molecule has 0 bridgehead atoms. The Hall–Kier alpha value is -1.33. The highest BCUT2D eigenvalue weighted by molar-refractivity contribution is 5.30. The molecule has 21 heavy (non-hydrogen) atoms. The molecule has 0 radical (unpaired) electrons. The first-order valence-electron chi connectivity index (χ1n) is 7.07. The summed E-state index contributed by atoms with van der Waals surface area (Å²) in [6.07, 6.45) is -0.244. The van der Waals surface area contributed by atoms with Crippen molar-refractivity contribution >= 4 is 0 Å². The van der Waals surface area contributed by atoms with Gasteiger partial charge in [-0.3, -0.25) is 4.98 Å². The lowest BCUT2D eigenvalue weighted by atomic mass is 9.77. The number of rotatable bonds is 5. The quantitative estimate of drug-likeness (QED) is 0.750. The molecule has 1 saturated carbocycles. The normalized spacial score (nSPS) is 23.0. The lowest BCUT2D eigenvalue weighted by Gasteiger charge is -2.43. The number of alkyl halides is 4. The second-order valence-corrected chi connectivity index (χ2v) is 5.73. The Morgan fingerprint density at radius 1 is 1.29 bits per heavy atom. The van der Waals surface area contributed by atoms with Gasteiger partial charge in [0.1, 0.15) is 5.75 Å². The van der Waals surface area contributed by atoms with E-state index < -0.39 is 30.8 Å². The molecule has 0 saturated heterocycles. The molecule has 6 heteroatoms. The smallest absolute Gasteiger partial charge is 0.316 e. The third-order valence-electron chi connectivity index (χ3n) is 3.82. The Morgan fingerprint density at radius 3 is 2.43 bits per heavy atom. The predicted octanol–water partition coefficient (Wildman–Crippen LogP) is 4.44. The number of ether oxygens (including phenoxy) is 1. The average Bonchev–Trinajstić information content (AvgIpc) is 2.42. The molecule has 1 aliphatic carbocycles. The summed E-state index contributed by atoms with van der Waals surface area (Å²) in [6.45, 7) is 5.46. The van der Waals surface area contributed by atoms with Crippen LogP contribution in [0.5, 0.6) is 5.75 Å². The Labute approximate surface area is 121 Å². The van der Waals surface area contributed by atoms with Crippen LogP contribution in [0.1, 0.15) is 44.5 Å². The number of aryl methyl sites for hydroxylation is 1. The molecule has 0 spiro atoms. The second kappa shape index (κ2) is 5.46. The van der Waals surface area contributed by atoms with E-state index in [0.29, 0.717) is 17.9 Å². The van der Waals surface area contributed by atoms with Gasteiger partial charge in [0.25, 0.3) is 0 Å². The zero-order valence-electron chi connectivity index (χ0n) is 12.3. The van der Waals surface area contributed by atoms with Crippen molar-refractivity contribution in [3.8, 4) is 5.75 Å². The van der Waals surface area contributed by atoms with Gasteiger partial charge in [-0.05, 0) is 24.5 Å². The van der Waals surface area contributed by atoms with Crippen molar-refractivity contribution < 1.29 is 22.3 Å². The van der Waals surface area contributed by atoms with Crippen LogP contribution in [0, 0.1) is 5.92 Å². The third-order valence-corrected chi connectivity index (χ3v) is 3.82. The maximum atomic E-state index is 13.2. The number of hydrogen-bond donors (Lipinski definition) is 0. The van der Waals surface area contributed by atoms with Crippen molar-refractivity contribution in [2.45, 2.75) is 51.4 Å². The van der Waals surface area contributed by atoms with Crippen LogP contribution in [0.15, 0.2) is 12.1 Å². The van der Waals surface area contributed by atoms with Crippen LogP contribution in [0.2, 0.25) is 0 Å². The fraction of sp³-hybridized carbons (Fsp3) is 0.667. The van der Waals surface area contributed by atoms with E-state index in [0.717, 1.165) is 5.69 Å². The van der Waals surface area contributed by atoms with Crippen molar-refractivity contribution in [2.24, 2.45) is 5.92 Å². The highest BCUT2D eigenvalue weighted by Gasteiger charge is 2.71. The summed E-state index contributed by atoms with van der Waals surface area (Å²) in [5.74, 6) is -8.69. The molecule has 118 valence electrons. The summed E-state index contributed by atoms with van der Waals surface area (Å²) in [6, 6.07) is 3.45. The van der Waals surface area contributed by atoms with Crippen molar-refractivity contribution in [1.29, 1.82) is 0 Å². The Bertz CT molecular complexity index is 516. The molecule has 0 amide bonds. The SMILES string of the molecule is CCc1nc(C(C)C)ccc1OCC1CC(F)(F)C1(F)F. The van der Waals surface area contributed by atoms with E-state index in [2.05, 4.69) is 4.98 Å².